The van der Waals surface area contributed by atoms with Crippen molar-refractivity contribution in [1.82, 2.24) is 4.90 Å². The van der Waals surface area contributed by atoms with Crippen molar-refractivity contribution < 1.29 is 19.4 Å². The largest absolute Gasteiger partial charge is 0.480 e. The van der Waals surface area contributed by atoms with Crippen molar-refractivity contribution in [2.45, 2.75) is 45.6 Å². The molecule has 2 rings (SSSR count). The molecule has 1 saturated heterocycles. The van der Waals surface area contributed by atoms with Crippen LogP contribution in [0.2, 0.25) is 0 Å². The number of nitriles is 1. The molecule has 0 bridgehead atoms. The number of hydrogen-bond acceptors (Lipinski definition) is 4. The highest BCUT2D eigenvalue weighted by Gasteiger charge is 2.73. The van der Waals surface area contributed by atoms with Crippen molar-refractivity contribution in [3.8, 4) is 6.07 Å². The van der Waals surface area contributed by atoms with E-state index in [1.807, 2.05) is 26.8 Å². The molecule has 1 atom stereocenters. The van der Waals surface area contributed by atoms with Gasteiger partial charge in [-0.25, -0.2) is 4.79 Å². The number of aliphatic carboxylic acids is 1. The maximum Gasteiger partial charge on any atom is 0.410 e. The lowest BCUT2D eigenvalue weighted by molar-refractivity contribution is -0.142. The van der Waals surface area contributed by atoms with E-state index in [9.17, 15) is 14.7 Å². The van der Waals surface area contributed by atoms with Crippen LogP contribution < -0.4 is 0 Å². The Labute approximate surface area is 118 Å². The van der Waals surface area contributed by atoms with Crippen LogP contribution in [0.3, 0.4) is 0 Å². The maximum absolute atomic E-state index is 11.9. The number of rotatable bonds is 1. The first-order valence-corrected chi connectivity index (χ1v) is 6.78. The van der Waals surface area contributed by atoms with Gasteiger partial charge in [0.1, 0.15) is 5.60 Å². The lowest BCUT2D eigenvalue weighted by Crippen LogP contribution is -2.43. The molecular weight excluding hydrogens is 260 g/mol. The Kier molecular flexibility index (Phi) is 3.20. The molecule has 2 fully saturated rings. The van der Waals surface area contributed by atoms with Crippen LogP contribution in [0.5, 0.6) is 0 Å². The third-order valence-corrected chi connectivity index (χ3v) is 4.31. The normalized spacial score (nSPS) is 27.8. The number of carbonyl (C=O) groups is 2. The summed E-state index contributed by atoms with van der Waals surface area (Å²) in [5.41, 5.74) is -2.23. The van der Waals surface area contributed by atoms with Crippen molar-refractivity contribution >= 4 is 12.1 Å². The predicted molar refractivity (Wildman–Crippen MR) is 69.8 cm³/mol. The van der Waals surface area contributed by atoms with Crippen molar-refractivity contribution in [1.29, 1.82) is 5.26 Å². The smallest absolute Gasteiger partial charge is 0.410 e. The van der Waals surface area contributed by atoms with Crippen LogP contribution in [0.25, 0.3) is 0 Å². The summed E-state index contributed by atoms with van der Waals surface area (Å²) in [7, 11) is 0. The van der Waals surface area contributed by atoms with E-state index in [1.165, 1.54) is 0 Å². The van der Waals surface area contributed by atoms with E-state index in [-0.39, 0.29) is 6.09 Å². The summed E-state index contributed by atoms with van der Waals surface area (Å²) in [6.07, 6.45) is 1.12. The van der Waals surface area contributed by atoms with Gasteiger partial charge in [0.15, 0.2) is 5.41 Å². The number of carboxylic acid groups (broad SMARTS) is 1. The lowest BCUT2D eigenvalue weighted by Gasteiger charge is -2.34. The molecule has 1 N–H and O–H groups in total. The molecule has 1 amide bonds. The highest BCUT2D eigenvalue weighted by Crippen LogP contribution is 2.68. The standard InChI is InChI=1S/C14H20N2O4/c1-12(2,3)20-11(19)16-6-4-13(5-7-16)8-14(13,9-15)10(17)18/h4-8H2,1-3H3,(H,17,18). The van der Waals surface area contributed by atoms with Crippen LogP contribution >= 0.6 is 0 Å². The molecule has 0 radical (unpaired) electrons. The van der Waals surface area contributed by atoms with Gasteiger partial charge in [0.25, 0.3) is 0 Å². The van der Waals surface area contributed by atoms with Gasteiger partial charge in [-0.2, -0.15) is 5.26 Å². The van der Waals surface area contributed by atoms with Crippen molar-refractivity contribution in [2.24, 2.45) is 10.8 Å². The number of carboxylic acids is 1. The molecule has 6 nitrogen and oxygen atoms in total. The molecule has 110 valence electrons. The molecule has 2 aliphatic rings. The Hall–Kier alpha value is -1.77. The molecule has 1 heterocycles. The van der Waals surface area contributed by atoms with Gasteiger partial charge < -0.3 is 14.7 Å². The summed E-state index contributed by atoms with van der Waals surface area (Å²) in [6, 6.07) is 1.96. The van der Waals surface area contributed by atoms with Gasteiger partial charge in [0.2, 0.25) is 0 Å². The number of nitrogens with zero attached hydrogens (tertiary/aromatic N) is 2. The second kappa shape index (κ2) is 4.37. The number of likely N-dealkylation sites (tertiary alicyclic amines) is 1. The first kappa shape index (κ1) is 14.6. The summed E-state index contributed by atoms with van der Waals surface area (Å²) in [4.78, 5) is 24.8. The van der Waals surface area contributed by atoms with E-state index in [1.54, 1.807) is 4.90 Å². The van der Waals surface area contributed by atoms with E-state index in [0.717, 1.165) is 0 Å². The van der Waals surface area contributed by atoms with Crippen LogP contribution in [0.15, 0.2) is 0 Å². The minimum atomic E-state index is -1.24. The lowest BCUT2D eigenvalue weighted by atomic mass is 9.85. The highest BCUT2D eigenvalue weighted by atomic mass is 16.6. The third-order valence-electron chi connectivity index (χ3n) is 4.31. The quantitative estimate of drug-likeness (QED) is 0.793. The molecule has 1 spiro atoms. The molecule has 6 heteroatoms. The Morgan fingerprint density at radius 3 is 2.20 bits per heavy atom. The molecule has 1 unspecified atom stereocenters. The zero-order valence-corrected chi connectivity index (χ0v) is 12.1. The van der Waals surface area contributed by atoms with E-state index in [4.69, 9.17) is 10.00 Å². The van der Waals surface area contributed by atoms with Gasteiger partial charge in [0.05, 0.1) is 6.07 Å². The molecule has 0 aromatic rings. The minimum absolute atomic E-state index is 0.370. The van der Waals surface area contributed by atoms with Gasteiger partial charge >= 0.3 is 12.1 Å². The van der Waals surface area contributed by atoms with Gasteiger partial charge in [-0.1, -0.05) is 0 Å². The van der Waals surface area contributed by atoms with Crippen molar-refractivity contribution in [3.05, 3.63) is 0 Å². The Morgan fingerprint density at radius 1 is 1.30 bits per heavy atom. The average Bonchev–Trinajstić information content (AvgIpc) is 2.97. The molecule has 20 heavy (non-hydrogen) atoms. The average molecular weight is 280 g/mol. The number of amides is 1. The molecule has 0 aromatic heterocycles. The fraction of sp³-hybridized carbons (Fsp3) is 0.786. The Morgan fingerprint density at radius 2 is 1.85 bits per heavy atom. The molecule has 0 aromatic carbocycles. The zero-order chi connectivity index (χ0) is 15.2. The van der Waals surface area contributed by atoms with Gasteiger partial charge in [-0.15, -0.1) is 0 Å². The minimum Gasteiger partial charge on any atom is -0.480 e. The fourth-order valence-electron chi connectivity index (χ4n) is 3.02. The summed E-state index contributed by atoms with van der Waals surface area (Å²) in [5.74, 6) is -1.04. The SMILES string of the molecule is CC(C)(C)OC(=O)N1CCC2(CC1)CC2(C#N)C(=O)O. The van der Waals surface area contributed by atoms with E-state index < -0.39 is 22.4 Å². The molecular formula is C14H20N2O4. The summed E-state index contributed by atoms with van der Waals surface area (Å²) < 4.78 is 5.30. The number of ether oxygens (including phenoxy) is 1. The predicted octanol–water partition coefficient (Wildman–Crippen LogP) is 2.00. The van der Waals surface area contributed by atoms with Crippen LogP contribution in [0.1, 0.15) is 40.0 Å². The van der Waals surface area contributed by atoms with Crippen LogP contribution in [0, 0.1) is 22.2 Å². The van der Waals surface area contributed by atoms with E-state index >= 15 is 0 Å². The Bertz CT molecular complexity index is 480. The van der Waals surface area contributed by atoms with E-state index in [2.05, 4.69) is 0 Å². The molecule has 1 saturated carbocycles. The Balaban J connectivity index is 1.97. The number of hydrogen-bond donors (Lipinski definition) is 1. The van der Waals surface area contributed by atoms with Crippen molar-refractivity contribution in [3.63, 3.8) is 0 Å². The summed E-state index contributed by atoms with van der Waals surface area (Å²) in [6.45, 7) is 6.32. The summed E-state index contributed by atoms with van der Waals surface area (Å²) >= 11 is 0. The zero-order valence-electron chi connectivity index (χ0n) is 12.1. The fourth-order valence-corrected chi connectivity index (χ4v) is 3.02. The maximum atomic E-state index is 11.9. The first-order valence-electron chi connectivity index (χ1n) is 6.78. The third kappa shape index (κ3) is 2.21. The number of carbonyl (C=O) groups excluding carboxylic acids is 1. The van der Waals surface area contributed by atoms with Crippen LogP contribution in [0.4, 0.5) is 4.79 Å². The van der Waals surface area contributed by atoms with E-state index in [0.29, 0.717) is 32.4 Å². The molecule has 1 aliphatic carbocycles. The first-order chi connectivity index (χ1) is 9.16. The summed E-state index contributed by atoms with van der Waals surface area (Å²) in [5, 5.41) is 18.4. The van der Waals surface area contributed by atoms with Crippen LogP contribution in [-0.2, 0) is 9.53 Å². The van der Waals surface area contributed by atoms with Gasteiger partial charge in [-0.3, -0.25) is 4.79 Å². The second-order valence-electron chi connectivity index (χ2n) is 6.75. The van der Waals surface area contributed by atoms with Gasteiger partial charge in [0, 0.05) is 18.5 Å². The monoisotopic (exact) mass is 280 g/mol. The van der Waals surface area contributed by atoms with Crippen molar-refractivity contribution in [2.75, 3.05) is 13.1 Å². The van der Waals surface area contributed by atoms with Gasteiger partial charge in [-0.05, 0) is 40.0 Å². The molecule has 1 aliphatic heterocycles. The van der Waals surface area contributed by atoms with Crippen LogP contribution in [-0.4, -0.2) is 40.8 Å². The highest BCUT2D eigenvalue weighted by molar-refractivity contribution is 5.84. The number of piperidine rings is 1. The topological polar surface area (TPSA) is 90.6 Å². The second-order valence-corrected chi connectivity index (χ2v) is 6.75.